The van der Waals surface area contributed by atoms with Crippen LogP contribution in [0.2, 0.25) is 0 Å². The molecule has 0 aromatic carbocycles. The van der Waals surface area contributed by atoms with Gasteiger partial charge in [-0.25, -0.2) is 4.98 Å². The molecule has 17 heavy (non-hydrogen) atoms. The Hall–Kier alpha value is -1.65. The van der Waals surface area contributed by atoms with Gasteiger partial charge in [-0.1, -0.05) is 0 Å². The van der Waals surface area contributed by atoms with Crippen LogP contribution in [0, 0.1) is 0 Å². The second-order valence-electron chi connectivity index (χ2n) is 4.57. The molecule has 1 aromatic rings. The standard InChI is InChI=1S/C12H16N2O3/c1-7(2)17-10-5-9(6-11(15)16)13-12(14-10)8-3-4-8/h5,7-8H,3-4,6H2,1-2H3,(H,15,16). The smallest absolute Gasteiger partial charge is 0.309 e. The monoisotopic (exact) mass is 236 g/mol. The van der Waals surface area contributed by atoms with Crippen LogP contribution in [-0.4, -0.2) is 27.1 Å². The first-order chi connectivity index (χ1) is 8.04. The van der Waals surface area contributed by atoms with E-state index < -0.39 is 5.97 Å². The van der Waals surface area contributed by atoms with Gasteiger partial charge in [-0.05, 0) is 26.7 Å². The SMILES string of the molecule is CC(C)Oc1cc(CC(=O)O)nc(C2CC2)n1. The number of carboxylic acid groups (broad SMARTS) is 1. The Morgan fingerprint density at radius 2 is 2.24 bits per heavy atom. The highest BCUT2D eigenvalue weighted by Crippen LogP contribution is 2.38. The molecule has 1 aliphatic carbocycles. The summed E-state index contributed by atoms with van der Waals surface area (Å²) in [4.78, 5) is 19.3. The van der Waals surface area contributed by atoms with Crippen LogP contribution < -0.4 is 4.74 Å². The van der Waals surface area contributed by atoms with Crippen molar-refractivity contribution in [1.82, 2.24) is 9.97 Å². The molecule has 5 heteroatoms. The fourth-order valence-corrected chi connectivity index (χ4v) is 1.56. The average Bonchev–Trinajstić information content (AvgIpc) is 2.97. The van der Waals surface area contributed by atoms with Gasteiger partial charge in [-0.15, -0.1) is 0 Å². The van der Waals surface area contributed by atoms with Crippen LogP contribution >= 0.6 is 0 Å². The molecular formula is C12H16N2O3. The molecule has 0 unspecified atom stereocenters. The summed E-state index contributed by atoms with van der Waals surface area (Å²) in [6, 6.07) is 1.61. The molecule has 2 rings (SSSR count). The Bertz CT molecular complexity index is 428. The van der Waals surface area contributed by atoms with E-state index in [1.165, 1.54) is 0 Å². The Labute approximate surface area is 99.9 Å². The van der Waals surface area contributed by atoms with Crippen LogP contribution in [0.1, 0.15) is 44.1 Å². The molecule has 0 bridgehead atoms. The zero-order valence-corrected chi connectivity index (χ0v) is 10.0. The van der Waals surface area contributed by atoms with Crippen LogP contribution in [-0.2, 0) is 11.2 Å². The molecule has 1 aliphatic rings. The van der Waals surface area contributed by atoms with Crippen molar-refractivity contribution in [3.8, 4) is 5.88 Å². The Morgan fingerprint density at radius 1 is 1.53 bits per heavy atom. The van der Waals surface area contributed by atoms with Crippen molar-refractivity contribution in [1.29, 1.82) is 0 Å². The van der Waals surface area contributed by atoms with Gasteiger partial charge in [0.2, 0.25) is 5.88 Å². The summed E-state index contributed by atoms with van der Waals surface area (Å²) in [7, 11) is 0. The third-order valence-electron chi connectivity index (χ3n) is 2.40. The topological polar surface area (TPSA) is 72.3 Å². The number of carbonyl (C=O) groups is 1. The zero-order chi connectivity index (χ0) is 12.4. The van der Waals surface area contributed by atoms with E-state index in [0.717, 1.165) is 18.7 Å². The lowest BCUT2D eigenvalue weighted by Gasteiger charge is -2.10. The van der Waals surface area contributed by atoms with Crippen LogP contribution in [0.5, 0.6) is 5.88 Å². The highest BCUT2D eigenvalue weighted by molar-refractivity contribution is 5.69. The lowest BCUT2D eigenvalue weighted by atomic mass is 10.2. The van der Waals surface area contributed by atoms with Gasteiger partial charge in [0.05, 0.1) is 18.2 Å². The molecule has 0 atom stereocenters. The Kier molecular flexibility index (Phi) is 3.26. The summed E-state index contributed by atoms with van der Waals surface area (Å²) < 4.78 is 5.51. The van der Waals surface area contributed by atoms with Crippen LogP contribution in [0.3, 0.4) is 0 Å². The van der Waals surface area contributed by atoms with Gasteiger partial charge in [0.15, 0.2) is 0 Å². The lowest BCUT2D eigenvalue weighted by molar-refractivity contribution is -0.136. The zero-order valence-electron chi connectivity index (χ0n) is 10.0. The van der Waals surface area contributed by atoms with Gasteiger partial charge in [0, 0.05) is 12.0 Å². The van der Waals surface area contributed by atoms with E-state index in [-0.39, 0.29) is 12.5 Å². The van der Waals surface area contributed by atoms with E-state index in [2.05, 4.69) is 9.97 Å². The molecule has 0 radical (unpaired) electrons. The fraction of sp³-hybridized carbons (Fsp3) is 0.583. The molecule has 1 fully saturated rings. The minimum absolute atomic E-state index is 0.0228. The number of aliphatic carboxylic acids is 1. The van der Waals surface area contributed by atoms with E-state index in [1.807, 2.05) is 13.8 Å². The molecular weight excluding hydrogens is 220 g/mol. The maximum atomic E-state index is 10.7. The number of nitrogens with zero attached hydrogens (tertiary/aromatic N) is 2. The summed E-state index contributed by atoms with van der Waals surface area (Å²) in [5.41, 5.74) is 0.519. The Morgan fingerprint density at radius 3 is 2.76 bits per heavy atom. The molecule has 0 aliphatic heterocycles. The van der Waals surface area contributed by atoms with Gasteiger partial charge in [0.1, 0.15) is 5.82 Å². The Balaban J connectivity index is 2.24. The summed E-state index contributed by atoms with van der Waals surface area (Å²) in [5.74, 6) is 0.701. The predicted octanol–water partition coefficient (Wildman–Crippen LogP) is 1.77. The summed E-state index contributed by atoms with van der Waals surface area (Å²) in [5, 5.41) is 8.78. The number of hydrogen-bond donors (Lipinski definition) is 1. The first-order valence-electron chi connectivity index (χ1n) is 5.81. The van der Waals surface area contributed by atoms with Gasteiger partial charge < -0.3 is 9.84 Å². The van der Waals surface area contributed by atoms with Crippen molar-refractivity contribution < 1.29 is 14.6 Å². The van der Waals surface area contributed by atoms with E-state index in [0.29, 0.717) is 17.5 Å². The number of rotatable bonds is 5. The first-order valence-corrected chi connectivity index (χ1v) is 5.81. The first kappa shape index (κ1) is 11.8. The molecule has 0 amide bonds. The van der Waals surface area contributed by atoms with E-state index >= 15 is 0 Å². The van der Waals surface area contributed by atoms with Crippen LogP contribution in [0.25, 0.3) is 0 Å². The lowest BCUT2D eigenvalue weighted by Crippen LogP contribution is -2.11. The quantitative estimate of drug-likeness (QED) is 0.843. The molecule has 0 saturated heterocycles. The summed E-state index contributed by atoms with van der Waals surface area (Å²) in [6.45, 7) is 3.82. The van der Waals surface area contributed by atoms with Gasteiger partial charge in [-0.3, -0.25) is 4.79 Å². The second kappa shape index (κ2) is 4.69. The second-order valence-corrected chi connectivity index (χ2v) is 4.57. The van der Waals surface area contributed by atoms with E-state index in [4.69, 9.17) is 9.84 Å². The van der Waals surface area contributed by atoms with Crippen molar-refractivity contribution in [2.45, 2.75) is 45.1 Å². The van der Waals surface area contributed by atoms with Crippen molar-refractivity contribution in [2.75, 3.05) is 0 Å². The highest BCUT2D eigenvalue weighted by atomic mass is 16.5. The largest absolute Gasteiger partial charge is 0.481 e. The molecule has 1 N–H and O–H groups in total. The third-order valence-corrected chi connectivity index (χ3v) is 2.40. The summed E-state index contributed by atoms with van der Waals surface area (Å²) in [6.07, 6.45) is 2.10. The van der Waals surface area contributed by atoms with E-state index in [9.17, 15) is 4.79 Å². The van der Waals surface area contributed by atoms with Gasteiger partial charge in [0.25, 0.3) is 0 Å². The number of carboxylic acids is 1. The molecule has 0 spiro atoms. The molecule has 1 heterocycles. The minimum Gasteiger partial charge on any atom is -0.481 e. The molecule has 92 valence electrons. The third kappa shape index (κ3) is 3.41. The van der Waals surface area contributed by atoms with Crippen molar-refractivity contribution in [3.63, 3.8) is 0 Å². The summed E-state index contributed by atoms with van der Waals surface area (Å²) >= 11 is 0. The van der Waals surface area contributed by atoms with Crippen molar-refractivity contribution in [3.05, 3.63) is 17.6 Å². The van der Waals surface area contributed by atoms with Crippen LogP contribution in [0.15, 0.2) is 6.07 Å². The average molecular weight is 236 g/mol. The highest BCUT2D eigenvalue weighted by Gasteiger charge is 2.27. The maximum absolute atomic E-state index is 10.7. The van der Waals surface area contributed by atoms with Gasteiger partial charge in [-0.2, -0.15) is 4.98 Å². The van der Waals surface area contributed by atoms with Crippen molar-refractivity contribution in [2.24, 2.45) is 0 Å². The number of ether oxygens (including phenoxy) is 1. The van der Waals surface area contributed by atoms with Crippen LogP contribution in [0.4, 0.5) is 0 Å². The molecule has 1 aromatic heterocycles. The number of aromatic nitrogens is 2. The van der Waals surface area contributed by atoms with E-state index in [1.54, 1.807) is 6.07 Å². The van der Waals surface area contributed by atoms with Gasteiger partial charge >= 0.3 is 5.97 Å². The number of hydrogen-bond acceptors (Lipinski definition) is 4. The normalized spacial score (nSPS) is 15.0. The predicted molar refractivity (Wildman–Crippen MR) is 61.1 cm³/mol. The van der Waals surface area contributed by atoms with Crippen molar-refractivity contribution >= 4 is 5.97 Å². The maximum Gasteiger partial charge on any atom is 0.309 e. The fourth-order valence-electron chi connectivity index (χ4n) is 1.56. The molecule has 1 saturated carbocycles. The minimum atomic E-state index is -0.888. The molecule has 5 nitrogen and oxygen atoms in total.